The summed E-state index contributed by atoms with van der Waals surface area (Å²) in [6, 6.07) is 6.55. The van der Waals surface area contributed by atoms with Gasteiger partial charge >= 0.3 is 0 Å². The summed E-state index contributed by atoms with van der Waals surface area (Å²) in [6.07, 6.45) is 3.79. The van der Waals surface area contributed by atoms with Gasteiger partial charge in [0.05, 0.1) is 4.90 Å². The van der Waals surface area contributed by atoms with Crippen molar-refractivity contribution in [3.8, 4) is 0 Å². The molecular formula is C12H17BrN2O2S. The molecule has 0 amide bonds. The van der Waals surface area contributed by atoms with Crippen LogP contribution in [0.5, 0.6) is 0 Å². The van der Waals surface area contributed by atoms with E-state index < -0.39 is 10.0 Å². The van der Waals surface area contributed by atoms with Crippen molar-refractivity contribution >= 4 is 26.0 Å². The topological polar surface area (TPSA) is 72.2 Å². The number of hydrogen-bond donors (Lipinski definition) is 2. The Labute approximate surface area is 116 Å². The van der Waals surface area contributed by atoms with Crippen molar-refractivity contribution in [2.24, 2.45) is 5.73 Å². The van der Waals surface area contributed by atoms with Crippen LogP contribution in [0.4, 0.5) is 0 Å². The van der Waals surface area contributed by atoms with Gasteiger partial charge in [0.2, 0.25) is 10.0 Å². The van der Waals surface area contributed by atoms with E-state index in [4.69, 9.17) is 5.73 Å². The number of nitrogens with one attached hydrogen (secondary N) is 1. The Morgan fingerprint density at radius 3 is 2.56 bits per heavy atom. The van der Waals surface area contributed by atoms with Crippen molar-refractivity contribution in [2.75, 3.05) is 0 Å². The second-order valence-electron chi connectivity index (χ2n) is 4.61. The zero-order chi connectivity index (χ0) is 13.2. The van der Waals surface area contributed by atoms with Gasteiger partial charge in [-0.15, -0.1) is 0 Å². The van der Waals surface area contributed by atoms with Crippen LogP contribution in [0.2, 0.25) is 0 Å². The predicted molar refractivity (Wildman–Crippen MR) is 74.7 cm³/mol. The molecule has 1 aromatic rings. The molecule has 1 aromatic carbocycles. The Hall–Kier alpha value is -0.430. The van der Waals surface area contributed by atoms with Gasteiger partial charge < -0.3 is 5.73 Å². The molecule has 1 aliphatic rings. The van der Waals surface area contributed by atoms with Gasteiger partial charge in [-0.3, -0.25) is 0 Å². The second kappa shape index (κ2) is 5.69. The van der Waals surface area contributed by atoms with E-state index in [1.54, 1.807) is 24.3 Å². The first-order valence-corrected chi connectivity index (χ1v) is 8.31. The van der Waals surface area contributed by atoms with Crippen LogP contribution in [0.3, 0.4) is 0 Å². The third kappa shape index (κ3) is 3.12. The average Bonchev–Trinajstić information content (AvgIpc) is 2.32. The molecule has 2 atom stereocenters. The number of sulfonamides is 1. The third-order valence-electron chi connectivity index (χ3n) is 3.25. The molecule has 100 valence electrons. The van der Waals surface area contributed by atoms with E-state index in [2.05, 4.69) is 20.7 Å². The molecule has 2 unspecified atom stereocenters. The monoisotopic (exact) mass is 332 g/mol. The first-order chi connectivity index (χ1) is 8.50. The van der Waals surface area contributed by atoms with Crippen LogP contribution in [-0.4, -0.2) is 20.5 Å². The minimum absolute atomic E-state index is 0.0870. The summed E-state index contributed by atoms with van der Waals surface area (Å²) in [5.74, 6) is 0. The summed E-state index contributed by atoms with van der Waals surface area (Å²) in [5, 5.41) is 0. The van der Waals surface area contributed by atoms with Crippen LogP contribution in [0.1, 0.15) is 25.7 Å². The van der Waals surface area contributed by atoms with Gasteiger partial charge in [-0.1, -0.05) is 25.0 Å². The summed E-state index contributed by atoms with van der Waals surface area (Å²) in [6.45, 7) is 0. The standard InChI is InChI=1S/C12H17BrN2O2S/c13-9-5-1-4-8-12(9)18(16,17)15-11-7-3-2-6-10(11)14/h1,4-5,8,10-11,15H,2-3,6-7,14H2. The summed E-state index contributed by atoms with van der Waals surface area (Å²) in [7, 11) is -3.50. The highest BCUT2D eigenvalue weighted by Crippen LogP contribution is 2.23. The maximum Gasteiger partial charge on any atom is 0.241 e. The highest BCUT2D eigenvalue weighted by atomic mass is 79.9. The predicted octanol–water partition coefficient (Wildman–Crippen LogP) is 2.00. The molecule has 0 radical (unpaired) electrons. The molecule has 6 heteroatoms. The lowest BCUT2D eigenvalue weighted by molar-refractivity contribution is 0.361. The molecule has 1 aliphatic carbocycles. The number of halogens is 1. The lowest BCUT2D eigenvalue weighted by atomic mass is 9.92. The van der Waals surface area contributed by atoms with Gasteiger partial charge in [-0.2, -0.15) is 0 Å². The SMILES string of the molecule is NC1CCCCC1NS(=O)(=O)c1ccccc1Br. The molecule has 0 heterocycles. The fourth-order valence-electron chi connectivity index (χ4n) is 2.23. The molecule has 18 heavy (non-hydrogen) atoms. The van der Waals surface area contributed by atoms with Crippen molar-refractivity contribution in [1.82, 2.24) is 4.72 Å². The van der Waals surface area contributed by atoms with Crippen molar-refractivity contribution < 1.29 is 8.42 Å². The van der Waals surface area contributed by atoms with E-state index in [0.29, 0.717) is 4.47 Å². The summed E-state index contributed by atoms with van der Waals surface area (Å²) in [4.78, 5) is 0.266. The van der Waals surface area contributed by atoms with E-state index in [1.807, 2.05) is 0 Å². The van der Waals surface area contributed by atoms with E-state index in [9.17, 15) is 8.42 Å². The lowest BCUT2D eigenvalue weighted by Crippen LogP contribution is -2.49. The molecule has 2 rings (SSSR count). The number of benzene rings is 1. The van der Waals surface area contributed by atoms with Gasteiger partial charge in [-0.25, -0.2) is 13.1 Å². The van der Waals surface area contributed by atoms with Crippen LogP contribution >= 0.6 is 15.9 Å². The van der Waals surface area contributed by atoms with Gasteiger partial charge in [0.25, 0.3) is 0 Å². The molecule has 0 spiro atoms. The Bertz CT molecular complexity index is 519. The minimum Gasteiger partial charge on any atom is -0.326 e. The molecule has 0 aliphatic heterocycles. The normalized spacial score (nSPS) is 25.0. The largest absolute Gasteiger partial charge is 0.326 e. The van der Waals surface area contributed by atoms with Crippen molar-refractivity contribution in [3.63, 3.8) is 0 Å². The van der Waals surface area contributed by atoms with Gasteiger partial charge in [0, 0.05) is 16.6 Å². The van der Waals surface area contributed by atoms with E-state index in [0.717, 1.165) is 25.7 Å². The van der Waals surface area contributed by atoms with Crippen LogP contribution in [0, 0.1) is 0 Å². The van der Waals surface area contributed by atoms with Crippen molar-refractivity contribution in [1.29, 1.82) is 0 Å². The molecule has 4 nitrogen and oxygen atoms in total. The lowest BCUT2D eigenvalue weighted by Gasteiger charge is -2.29. The fraction of sp³-hybridized carbons (Fsp3) is 0.500. The number of rotatable bonds is 3. The minimum atomic E-state index is -3.50. The van der Waals surface area contributed by atoms with Crippen LogP contribution in [0.15, 0.2) is 33.6 Å². The molecule has 1 fully saturated rings. The van der Waals surface area contributed by atoms with Crippen LogP contribution in [0.25, 0.3) is 0 Å². The maximum atomic E-state index is 12.3. The molecule has 3 N–H and O–H groups in total. The molecule has 0 bridgehead atoms. The Morgan fingerprint density at radius 1 is 1.22 bits per heavy atom. The Balaban J connectivity index is 2.19. The van der Waals surface area contributed by atoms with Crippen molar-refractivity contribution in [2.45, 2.75) is 42.7 Å². The quantitative estimate of drug-likeness (QED) is 0.889. The summed E-state index contributed by atoms with van der Waals surface area (Å²) >= 11 is 3.26. The van der Waals surface area contributed by atoms with Crippen LogP contribution < -0.4 is 10.5 Å². The molecule has 0 saturated heterocycles. The van der Waals surface area contributed by atoms with Gasteiger partial charge in [0.15, 0.2) is 0 Å². The highest BCUT2D eigenvalue weighted by Gasteiger charge is 2.27. The zero-order valence-electron chi connectivity index (χ0n) is 9.97. The average molecular weight is 333 g/mol. The molecular weight excluding hydrogens is 316 g/mol. The fourth-order valence-corrected chi connectivity index (χ4v) is 4.56. The van der Waals surface area contributed by atoms with Crippen LogP contribution in [-0.2, 0) is 10.0 Å². The highest BCUT2D eigenvalue weighted by molar-refractivity contribution is 9.10. The van der Waals surface area contributed by atoms with Gasteiger partial charge in [0.1, 0.15) is 0 Å². The second-order valence-corrected chi connectivity index (χ2v) is 7.14. The van der Waals surface area contributed by atoms with E-state index >= 15 is 0 Å². The Kier molecular flexibility index (Phi) is 4.42. The Morgan fingerprint density at radius 2 is 1.89 bits per heavy atom. The summed E-state index contributed by atoms with van der Waals surface area (Å²) < 4.78 is 27.8. The van der Waals surface area contributed by atoms with E-state index in [-0.39, 0.29) is 17.0 Å². The molecule has 1 saturated carbocycles. The number of nitrogens with two attached hydrogens (primary N) is 1. The summed E-state index contributed by atoms with van der Waals surface area (Å²) in [5.41, 5.74) is 5.96. The van der Waals surface area contributed by atoms with Crippen molar-refractivity contribution in [3.05, 3.63) is 28.7 Å². The smallest absolute Gasteiger partial charge is 0.241 e. The third-order valence-corrected chi connectivity index (χ3v) is 5.75. The first kappa shape index (κ1) is 14.0. The maximum absolute atomic E-state index is 12.3. The zero-order valence-corrected chi connectivity index (χ0v) is 12.4. The first-order valence-electron chi connectivity index (χ1n) is 6.03. The molecule has 0 aromatic heterocycles. The number of hydrogen-bond acceptors (Lipinski definition) is 3. The van der Waals surface area contributed by atoms with Gasteiger partial charge in [-0.05, 0) is 40.9 Å². The van der Waals surface area contributed by atoms with E-state index in [1.165, 1.54) is 0 Å².